The molecule has 0 spiro atoms. The van der Waals surface area contributed by atoms with Gasteiger partial charge >= 0.3 is 6.09 Å². The number of ether oxygens (including phenoxy) is 1. The van der Waals surface area contributed by atoms with Crippen LogP contribution in [0.1, 0.15) is 64.2 Å². The summed E-state index contributed by atoms with van der Waals surface area (Å²) in [6, 6.07) is 0.178. The molecule has 5 nitrogen and oxygen atoms in total. The van der Waals surface area contributed by atoms with Crippen LogP contribution in [-0.2, 0) is 4.74 Å². The highest BCUT2D eigenvalue weighted by atomic mass is 16.5. The summed E-state index contributed by atoms with van der Waals surface area (Å²) >= 11 is 0. The Labute approximate surface area is 141 Å². The Kier molecular flexibility index (Phi) is 8.17. The van der Waals surface area contributed by atoms with Crippen molar-refractivity contribution in [2.75, 3.05) is 33.3 Å². The van der Waals surface area contributed by atoms with Gasteiger partial charge in [-0.05, 0) is 77.4 Å². The van der Waals surface area contributed by atoms with Crippen LogP contribution in [0.2, 0.25) is 0 Å². The second-order valence-electron chi connectivity index (χ2n) is 7.16. The minimum Gasteiger partial charge on any atom is -0.465 e. The first kappa shape index (κ1) is 18.5. The highest BCUT2D eigenvalue weighted by Gasteiger charge is 2.26. The number of likely N-dealkylation sites (tertiary alicyclic amines) is 1. The van der Waals surface area contributed by atoms with E-state index in [1.807, 2.05) is 0 Å². The molecule has 1 heterocycles. The molecular weight excluding hydrogens is 292 g/mol. The summed E-state index contributed by atoms with van der Waals surface area (Å²) in [5.74, 6) is 0. The Balaban J connectivity index is 1.45. The Bertz CT molecular complexity index is 337. The van der Waals surface area contributed by atoms with Crippen LogP contribution in [0.15, 0.2) is 0 Å². The van der Waals surface area contributed by atoms with Crippen LogP contribution in [0.4, 0.5) is 4.79 Å². The van der Waals surface area contributed by atoms with Crippen molar-refractivity contribution < 1.29 is 14.6 Å². The zero-order valence-electron chi connectivity index (χ0n) is 14.7. The summed E-state index contributed by atoms with van der Waals surface area (Å²) < 4.78 is 5.98. The van der Waals surface area contributed by atoms with E-state index in [-0.39, 0.29) is 6.04 Å². The van der Waals surface area contributed by atoms with Gasteiger partial charge in [-0.1, -0.05) is 6.42 Å². The first-order chi connectivity index (χ1) is 11.2. The normalized spacial score (nSPS) is 26.1. The number of rotatable bonds is 8. The fourth-order valence-corrected chi connectivity index (χ4v) is 3.80. The van der Waals surface area contributed by atoms with Gasteiger partial charge in [-0.3, -0.25) is 0 Å². The summed E-state index contributed by atoms with van der Waals surface area (Å²) in [5.41, 5.74) is 0. The smallest absolute Gasteiger partial charge is 0.407 e. The van der Waals surface area contributed by atoms with Gasteiger partial charge in [-0.25, -0.2) is 4.79 Å². The summed E-state index contributed by atoms with van der Waals surface area (Å²) in [5, 5.41) is 9.01. The molecule has 1 saturated carbocycles. The van der Waals surface area contributed by atoms with E-state index in [1.165, 1.54) is 56.6 Å². The predicted molar refractivity (Wildman–Crippen MR) is 91.9 cm³/mol. The highest BCUT2D eigenvalue weighted by molar-refractivity contribution is 5.64. The number of amides is 1. The maximum Gasteiger partial charge on any atom is 0.407 e. The minimum atomic E-state index is -0.817. The number of nitrogens with zero attached hydrogens (tertiary/aromatic N) is 2. The molecule has 0 bridgehead atoms. The summed E-state index contributed by atoms with van der Waals surface area (Å²) in [6.45, 7) is 4.71. The molecule has 0 aromatic carbocycles. The lowest BCUT2D eigenvalue weighted by Gasteiger charge is -2.33. The van der Waals surface area contributed by atoms with Crippen molar-refractivity contribution in [2.24, 2.45) is 0 Å². The number of hydrogen-bond acceptors (Lipinski definition) is 3. The van der Waals surface area contributed by atoms with Crippen LogP contribution >= 0.6 is 0 Å². The Morgan fingerprint density at radius 2 is 1.78 bits per heavy atom. The predicted octanol–water partition coefficient (Wildman–Crippen LogP) is 3.58. The van der Waals surface area contributed by atoms with Crippen LogP contribution in [0.3, 0.4) is 0 Å². The molecular formula is C18H34N2O3. The Morgan fingerprint density at radius 3 is 2.43 bits per heavy atom. The third-order valence-corrected chi connectivity index (χ3v) is 5.41. The average molecular weight is 326 g/mol. The lowest BCUT2D eigenvalue weighted by Crippen LogP contribution is -2.39. The van der Waals surface area contributed by atoms with E-state index in [0.29, 0.717) is 6.10 Å². The van der Waals surface area contributed by atoms with Gasteiger partial charge in [-0.2, -0.15) is 0 Å². The summed E-state index contributed by atoms with van der Waals surface area (Å²) in [7, 11) is 1.68. The van der Waals surface area contributed by atoms with Crippen molar-refractivity contribution in [1.29, 1.82) is 0 Å². The molecule has 23 heavy (non-hydrogen) atoms. The first-order valence-corrected chi connectivity index (χ1v) is 9.46. The Morgan fingerprint density at radius 1 is 1.09 bits per heavy atom. The molecule has 0 aromatic heterocycles. The third kappa shape index (κ3) is 6.68. The van der Waals surface area contributed by atoms with Crippen molar-refractivity contribution >= 4 is 6.09 Å². The van der Waals surface area contributed by atoms with Gasteiger partial charge in [0, 0.05) is 19.7 Å². The maximum absolute atomic E-state index is 11.0. The second kappa shape index (κ2) is 10.1. The van der Waals surface area contributed by atoms with Gasteiger partial charge < -0.3 is 19.6 Å². The van der Waals surface area contributed by atoms with Gasteiger partial charge in [0.25, 0.3) is 0 Å². The van der Waals surface area contributed by atoms with Crippen LogP contribution in [-0.4, -0.2) is 66.4 Å². The SMILES string of the molecule is CN(C(=O)O)C1CCC(OCCCCCN2CCCCC2)CC1. The number of unbranched alkanes of at least 4 members (excludes halogenated alkanes) is 2. The van der Waals surface area contributed by atoms with Crippen LogP contribution < -0.4 is 0 Å². The molecule has 0 radical (unpaired) electrons. The number of carbonyl (C=O) groups is 1. The first-order valence-electron chi connectivity index (χ1n) is 9.46. The van der Waals surface area contributed by atoms with Crippen molar-refractivity contribution in [3.8, 4) is 0 Å². The molecule has 2 fully saturated rings. The summed E-state index contributed by atoms with van der Waals surface area (Å²) in [4.78, 5) is 15.0. The van der Waals surface area contributed by atoms with Crippen LogP contribution in [0, 0.1) is 0 Å². The quantitative estimate of drug-likeness (QED) is 0.693. The second-order valence-corrected chi connectivity index (χ2v) is 7.16. The van der Waals surface area contributed by atoms with Crippen molar-refractivity contribution in [3.63, 3.8) is 0 Å². The topological polar surface area (TPSA) is 53.0 Å². The minimum absolute atomic E-state index is 0.178. The molecule has 0 atom stereocenters. The van der Waals surface area contributed by atoms with Crippen molar-refractivity contribution in [2.45, 2.75) is 76.4 Å². The van der Waals surface area contributed by atoms with E-state index >= 15 is 0 Å². The fourth-order valence-electron chi connectivity index (χ4n) is 3.80. The van der Waals surface area contributed by atoms with Gasteiger partial charge in [-0.15, -0.1) is 0 Å². The van der Waals surface area contributed by atoms with Crippen LogP contribution in [0.25, 0.3) is 0 Å². The number of carboxylic acid groups (broad SMARTS) is 1. The molecule has 134 valence electrons. The zero-order valence-corrected chi connectivity index (χ0v) is 14.7. The van der Waals surface area contributed by atoms with E-state index in [9.17, 15) is 4.79 Å². The van der Waals surface area contributed by atoms with E-state index < -0.39 is 6.09 Å². The van der Waals surface area contributed by atoms with E-state index in [2.05, 4.69) is 4.90 Å². The molecule has 1 saturated heterocycles. The molecule has 0 unspecified atom stereocenters. The molecule has 2 aliphatic rings. The molecule has 1 aliphatic carbocycles. The van der Waals surface area contributed by atoms with E-state index in [0.717, 1.165) is 38.7 Å². The molecule has 5 heteroatoms. The van der Waals surface area contributed by atoms with Gasteiger partial charge in [0.05, 0.1) is 6.10 Å². The zero-order chi connectivity index (χ0) is 16.5. The lowest BCUT2D eigenvalue weighted by molar-refractivity contribution is 0.00980. The average Bonchev–Trinajstić information content (AvgIpc) is 2.58. The third-order valence-electron chi connectivity index (χ3n) is 5.41. The Hall–Kier alpha value is -0.810. The largest absolute Gasteiger partial charge is 0.465 e. The summed E-state index contributed by atoms with van der Waals surface area (Å²) in [6.07, 6.45) is 11.3. The lowest BCUT2D eigenvalue weighted by atomic mass is 9.92. The van der Waals surface area contributed by atoms with Gasteiger partial charge in [0.2, 0.25) is 0 Å². The highest BCUT2D eigenvalue weighted by Crippen LogP contribution is 2.24. The standard InChI is InChI=1S/C18H34N2O3/c1-19(18(21)22)16-8-10-17(11-9-16)23-15-7-3-6-14-20-12-4-2-5-13-20/h16-17H,2-15H2,1H3,(H,21,22). The molecule has 0 aromatic rings. The van der Waals surface area contributed by atoms with Crippen LogP contribution in [0.5, 0.6) is 0 Å². The maximum atomic E-state index is 11.0. The van der Waals surface area contributed by atoms with Gasteiger partial charge in [0.1, 0.15) is 0 Å². The van der Waals surface area contributed by atoms with E-state index in [4.69, 9.17) is 9.84 Å². The van der Waals surface area contributed by atoms with Crippen molar-refractivity contribution in [3.05, 3.63) is 0 Å². The number of hydrogen-bond donors (Lipinski definition) is 1. The molecule has 1 amide bonds. The number of piperidine rings is 1. The van der Waals surface area contributed by atoms with Gasteiger partial charge in [0.15, 0.2) is 0 Å². The monoisotopic (exact) mass is 326 g/mol. The molecule has 2 rings (SSSR count). The van der Waals surface area contributed by atoms with Crippen molar-refractivity contribution in [1.82, 2.24) is 9.80 Å². The molecule has 1 aliphatic heterocycles. The fraction of sp³-hybridized carbons (Fsp3) is 0.944. The van der Waals surface area contributed by atoms with E-state index in [1.54, 1.807) is 7.05 Å². The molecule has 1 N–H and O–H groups in total.